The first-order valence-electron chi connectivity index (χ1n) is 6.94. The smallest absolute Gasteiger partial charge is 0.248 e. The van der Waals surface area contributed by atoms with Gasteiger partial charge in [-0.1, -0.05) is 6.08 Å². The molecule has 114 valence electrons. The lowest BCUT2D eigenvalue weighted by Gasteiger charge is -2.32. The molecule has 0 bridgehead atoms. The van der Waals surface area contributed by atoms with Crippen molar-refractivity contribution < 1.29 is 14.0 Å². The lowest BCUT2D eigenvalue weighted by atomic mass is 10.3. The van der Waals surface area contributed by atoms with Crippen LogP contribution in [0.5, 0.6) is 0 Å². The van der Waals surface area contributed by atoms with Gasteiger partial charge in [-0.25, -0.2) is 0 Å². The van der Waals surface area contributed by atoms with E-state index in [0.29, 0.717) is 25.5 Å². The van der Waals surface area contributed by atoms with Gasteiger partial charge in [-0.05, 0) is 27.1 Å². The molecule has 1 aromatic rings. The number of nitrogens with zero attached hydrogens (tertiary/aromatic N) is 3. The molecule has 1 fully saturated rings. The van der Waals surface area contributed by atoms with Crippen LogP contribution in [-0.4, -0.2) is 61.9 Å². The average molecular weight is 291 g/mol. The molecule has 1 aliphatic rings. The van der Waals surface area contributed by atoms with Crippen LogP contribution in [0.15, 0.2) is 28.7 Å². The van der Waals surface area contributed by atoms with Crippen molar-refractivity contribution in [3.05, 3.63) is 30.0 Å². The van der Waals surface area contributed by atoms with E-state index in [1.165, 1.54) is 6.08 Å². The van der Waals surface area contributed by atoms with Gasteiger partial charge in [0.1, 0.15) is 12.3 Å². The Morgan fingerprint density at radius 3 is 2.71 bits per heavy atom. The molecule has 1 aromatic heterocycles. The van der Waals surface area contributed by atoms with Crippen LogP contribution in [0.1, 0.15) is 5.76 Å². The third-order valence-corrected chi connectivity index (χ3v) is 3.26. The molecule has 1 aliphatic heterocycles. The minimum absolute atomic E-state index is 0.0882. The highest BCUT2D eigenvalue weighted by Gasteiger charge is 2.28. The predicted molar refractivity (Wildman–Crippen MR) is 80.1 cm³/mol. The van der Waals surface area contributed by atoms with Crippen molar-refractivity contribution in [1.29, 1.82) is 0 Å². The number of furan rings is 1. The Morgan fingerprint density at radius 1 is 1.38 bits per heavy atom. The first-order valence-corrected chi connectivity index (χ1v) is 6.94. The summed E-state index contributed by atoms with van der Waals surface area (Å²) in [6, 6.07) is 3.60. The molecule has 0 aromatic carbocycles. The first kappa shape index (κ1) is 15.3. The van der Waals surface area contributed by atoms with Gasteiger partial charge in [0.25, 0.3) is 0 Å². The summed E-state index contributed by atoms with van der Waals surface area (Å²) in [7, 11) is 3.87. The number of piperazine rings is 1. The maximum atomic E-state index is 12.1. The van der Waals surface area contributed by atoms with Crippen LogP contribution in [0.25, 0.3) is 0 Å². The highest BCUT2D eigenvalue weighted by Crippen LogP contribution is 2.20. The second-order valence-electron chi connectivity index (χ2n) is 5.35. The Kier molecular flexibility index (Phi) is 4.80. The van der Waals surface area contributed by atoms with Gasteiger partial charge in [-0.3, -0.25) is 14.5 Å². The highest BCUT2D eigenvalue weighted by molar-refractivity contribution is 5.98. The molecule has 0 N–H and O–H groups in total. The number of hydrogen-bond acceptors (Lipinski definition) is 4. The molecular formula is C15H21N3O3. The zero-order chi connectivity index (χ0) is 15.4. The van der Waals surface area contributed by atoms with Gasteiger partial charge < -0.3 is 14.2 Å². The zero-order valence-corrected chi connectivity index (χ0v) is 12.7. The van der Waals surface area contributed by atoms with Crippen molar-refractivity contribution in [1.82, 2.24) is 9.80 Å². The summed E-state index contributed by atoms with van der Waals surface area (Å²) in [6.07, 6.45) is 3.33. The highest BCUT2D eigenvalue weighted by atomic mass is 16.4. The number of hydrogen-bond donors (Lipinski definition) is 0. The number of rotatable bonds is 4. The van der Waals surface area contributed by atoms with Crippen LogP contribution in [0.2, 0.25) is 0 Å². The Labute approximate surface area is 124 Å². The van der Waals surface area contributed by atoms with Crippen molar-refractivity contribution in [2.75, 3.05) is 45.2 Å². The summed E-state index contributed by atoms with van der Waals surface area (Å²) in [5, 5.41) is 0. The van der Waals surface area contributed by atoms with Gasteiger partial charge in [-0.2, -0.15) is 0 Å². The Hall–Kier alpha value is -2.08. The van der Waals surface area contributed by atoms with Crippen molar-refractivity contribution in [2.45, 2.75) is 6.92 Å². The van der Waals surface area contributed by atoms with Crippen LogP contribution in [-0.2, 0) is 9.59 Å². The lowest BCUT2D eigenvalue weighted by Crippen LogP contribution is -2.52. The van der Waals surface area contributed by atoms with E-state index in [9.17, 15) is 9.59 Å². The molecule has 0 atom stereocenters. The molecule has 21 heavy (non-hydrogen) atoms. The Bertz CT molecular complexity index is 548. The van der Waals surface area contributed by atoms with E-state index in [0.717, 1.165) is 5.76 Å². The summed E-state index contributed by atoms with van der Waals surface area (Å²) in [5.74, 6) is 1.07. The summed E-state index contributed by atoms with van der Waals surface area (Å²) in [6.45, 7) is 3.59. The molecule has 0 unspecified atom stereocenters. The molecule has 1 saturated heterocycles. The van der Waals surface area contributed by atoms with E-state index in [2.05, 4.69) is 0 Å². The number of likely N-dealkylation sites (N-methyl/N-ethyl adjacent to an activating group) is 1. The number of aryl methyl sites for hydroxylation is 1. The fourth-order valence-electron chi connectivity index (χ4n) is 2.13. The van der Waals surface area contributed by atoms with Crippen LogP contribution in [0.3, 0.4) is 0 Å². The monoisotopic (exact) mass is 291 g/mol. The van der Waals surface area contributed by atoms with E-state index >= 15 is 0 Å². The third kappa shape index (κ3) is 3.95. The molecule has 0 spiro atoms. The Morgan fingerprint density at radius 2 is 2.14 bits per heavy atom. The molecule has 2 amide bonds. The molecule has 0 radical (unpaired) electrons. The molecule has 2 rings (SSSR count). The number of anilines is 1. The molecule has 0 aliphatic carbocycles. The minimum atomic E-state index is -0.125. The molecule has 6 nitrogen and oxygen atoms in total. The van der Waals surface area contributed by atoms with E-state index in [-0.39, 0.29) is 18.4 Å². The van der Waals surface area contributed by atoms with Gasteiger partial charge >= 0.3 is 0 Å². The maximum absolute atomic E-state index is 12.1. The largest absolute Gasteiger partial charge is 0.445 e. The molecule has 0 saturated carbocycles. The van der Waals surface area contributed by atoms with E-state index in [1.807, 2.05) is 32.0 Å². The van der Waals surface area contributed by atoms with Crippen LogP contribution >= 0.6 is 0 Å². The van der Waals surface area contributed by atoms with Gasteiger partial charge in [0.2, 0.25) is 17.7 Å². The summed E-state index contributed by atoms with van der Waals surface area (Å²) >= 11 is 0. The van der Waals surface area contributed by atoms with Crippen molar-refractivity contribution >= 4 is 17.7 Å². The lowest BCUT2D eigenvalue weighted by molar-refractivity contribution is -0.133. The first-order chi connectivity index (χ1) is 9.97. The average Bonchev–Trinajstić information content (AvgIpc) is 2.84. The molecule has 2 heterocycles. The standard InChI is InChI=1S/C15H21N3O3/c1-12-6-7-15(21-12)18-10-9-17(11-14(18)20)13(19)5-4-8-16(2)3/h4-7H,8-11H2,1-3H3/b5-4+. The summed E-state index contributed by atoms with van der Waals surface area (Å²) in [5.41, 5.74) is 0. The topological polar surface area (TPSA) is 57.0 Å². The number of carbonyl (C=O) groups is 2. The Balaban J connectivity index is 1.93. The van der Waals surface area contributed by atoms with Gasteiger partial charge in [0.15, 0.2) is 0 Å². The van der Waals surface area contributed by atoms with Gasteiger partial charge in [-0.15, -0.1) is 0 Å². The quantitative estimate of drug-likeness (QED) is 0.773. The zero-order valence-electron chi connectivity index (χ0n) is 12.7. The second kappa shape index (κ2) is 6.58. The van der Waals surface area contributed by atoms with Gasteiger partial charge in [0, 0.05) is 31.8 Å². The maximum Gasteiger partial charge on any atom is 0.248 e. The van der Waals surface area contributed by atoms with Gasteiger partial charge in [0.05, 0.1) is 0 Å². The van der Waals surface area contributed by atoms with E-state index in [1.54, 1.807) is 21.9 Å². The van der Waals surface area contributed by atoms with Crippen molar-refractivity contribution in [3.8, 4) is 0 Å². The molecular weight excluding hydrogens is 270 g/mol. The molecule has 6 heteroatoms. The summed E-state index contributed by atoms with van der Waals surface area (Å²) in [4.78, 5) is 29.2. The fraction of sp³-hybridized carbons (Fsp3) is 0.467. The third-order valence-electron chi connectivity index (χ3n) is 3.26. The van der Waals surface area contributed by atoms with E-state index in [4.69, 9.17) is 4.42 Å². The van der Waals surface area contributed by atoms with E-state index < -0.39 is 0 Å². The fourth-order valence-corrected chi connectivity index (χ4v) is 2.13. The predicted octanol–water partition coefficient (Wildman–Crippen LogP) is 0.881. The second-order valence-corrected chi connectivity index (χ2v) is 5.35. The minimum Gasteiger partial charge on any atom is -0.445 e. The van der Waals surface area contributed by atoms with Crippen molar-refractivity contribution in [3.63, 3.8) is 0 Å². The summed E-state index contributed by atoms with van der Waals surface area (Å²) < 4.78 is 5.46. The normalized spacial score (nSPS) is 16.3. The van der Waals surface area contributed by atoms with Crippen molar-refractivity contribution in [2.24, 2.45) is 0 Å². The SMILES string of the molecule is Cc1ccc(N2CCN(C(=O)/C=C/CN(C)C)CC2=O)o1. The van der Waals surface area contributed by atoms with Crippen LogP contribution in [0, 0.1) is 6.92 Å². The number of carbonyl (C=O) groups excluding carboxylic acids is 2. The van der Waals surface area contributed by atoms with Crippen LogP contribution < -0.4 is 4.90 Å². The van der Waals surface area contributed by atoms with Crippen LogP contribution in [0.4, 0.5) is 5.88 Å². The number of amides is 2.